The maximum Gasteiger partial charge on any atom is 0.338 e. The van der Waals surface area contributed by atoms with Crippen molar-refractivity contribution < 1.29 is 37.8 Å². The first kappa shape index (κ1) is 25.0. The number of esters is 1. The molecule has 0 bridgehead atoms. The molecule has 0 aliphatic carbocycles. The molecule has 1 aliphatic rings. The van der Waals surface area contributed by atoms with Crippen molar-refractivity contribution in [2.75, 3.05) is 32.3 Å². The van der Waals surface area contributed by atoms with Crippen LogP contribution in [-0.2, 0) is 23.8 Å². The van der Waals surface area contributed by atoms with Crippen molar-refractivity contribution in [3.05, 3.63) is 65.5 Å². The maximum absolute atomic E-state index is 14.4. The molecule has 1 saturated heterocycles. The van der Waals surface area contributed by atoms with Gasteiger partial charge in [-0.1, -0.05) is 12.1 Å². The van der Waals surface area contributed by atoms with Crippen molar-refractivity contribution in [1.29, 1.82) is 0 Å². The topological polar surface area (TPSA) is 102 Å². The number of amides is 3. The number of imide groups is 1. The number of carbonyl (C=O) groups is 4. The van der Waals surface area contributed by atoms with Gasteiger partial charge in [0.15, 0.2) is 6.29 Å². The first-order chi connectivity index (χ1) is 16.3. The minimum absolute atomic E-state index is 0.209. The molecular weight excluding hydrogens is 447 g/mol. The number of halogens is 1. The van der Waals surface area contributed by atoms with E-state index < -0.39 is 41.8 Å². The molecule has 2 aromatic rings. The lowest BCUT2D eigenvalue weighted by Crippen LogP contribution is -2.49. The predicted octanol–water partition coefficient (Wildman–Crippen LogP) is 2.40. The van der Waals surface area contributed by atoms with Crippen LogP contribution in [0.15, 0.2) is 48.5 Å². The zero-order valence-electron chi connectivity index (χ0n) is 19.0. The smallest absolute Gasteiger partial charge is 0.338 e. The largest absolute Gasteiger partial charge is 0.462 e. The summed E-state index contributed by atoms with van der Waals surface area (Å²) in [6, 6.07) is 9.94. The zero-order valence-corrected chi connectivity index (χ0v) is 19.0. The van der Waals surface area contributed by atoms with Crippen LogP contribution < -0.4 is 4.90 Å². The van der Waals surface area contributed by atoms with Crippen LogP contribution in [0.5, 0.6) is 0 Å². The lowest BCUT2D eigenvalue weighted by molar-refractivity contribution is -0.128. The summed E-state index contributed by atoms with van der Waals surface area (Å²) in [7, 11) is 2.72. The molecule has 1 fully saturated rings. The molecule has 1 aliphatic heterocycles. The van der Waals surface area contributed by atoms with E-state index in [9.17, 15) is 23.6 Å². The highest BCUT2D eigenvalue weighted by molar-refractivity contribution is 6.23. The van der Waals surface area contributed by atoms with Crippen LogP contribution in [0.25, 0.3) is 0 Å². The number of anilines is 1. The van der Waals surface area contributed by atoms with Crippen LogP contribution in [-0.4, -0.2) is 68.3 Å². The summed E-state index contributed by atoms with van der Waals surface area (Å²) in [4.78, 5) is 53.3. The van der Waals surface area contributed by atoms with Crippen LogP contribution in [0.3, 0.4) is 0 Å². The van der Waals surface area contributed by atoms with Gasteiger partial charge in [-0.15, -0.1) is 0 Å². The quantitative estimate of drug-likeness (QED) is 0.314. The molecule has 3 rings (SSSR count). The summed E-state index contributed by atoms with van der Waals surface area (Å²) in [5, 5.41) is 0. The summed E-state index contributed by atoms with van der Waals surface area (Å²) in [6.07, 6.45) is -1.21. The van der Waals surface area contributed by atoms with E-state index >= 15 is 0 Å². The van der Waals surface area contributed by atoms with Gasteiger partial charge in [-0.05, 0) is 43.3 Å². The van der Waals surface area contributed by atoms with Crippen molar-refractivity contribution >= 4 is 29.4 Å². The van der Waals surface area contributed by atoms with E-state index in [0.29, 0.717) is 0 Å². The summed E-state index contributed by atoms with van der Waals surface area (Å²) < 4.78 is 29.6. The molecule has 1 unspecified atom stereocenters. The van der Waals surface area contributed by atoms with E-state index in [1.165, 1.54) is 56.7 Å². The maximum atomic E-state index is 14.4. The Hall–Kier alpha value is -3.63. The Morgan fingerprint density at radius 2 is 1.74 bits per heavy atom. The molecule has 34 heavy (non-hydrogen) atoms. The van der Waals surface area contributed by atoms with Crippen molar-refractivity contribution in [2.24, 2.45) is 0 Å². The molecule has 0 aromatic heterocycles. The van der Waals surface area contributed by atoms with Gasteiger partial charge in [-0.25, -0.2) is 14.1 Å². The highest BCUT2D eigenvalue weighted by Crippen LogP contribution is 2.28. The van der Waals surface area contributed by atoms with Gasteiger partial charge in [0.1, 0.15) is 11.9 Å². The fourth-order valence-electron chi connectivity index (χ4n) is 3.64. The number of benzene rings is 2. The SMILES string of the molecule is CCOC(=O)c1ccc(N2C(=O)CC(N(CC(OC)OC)C(=O)c3ccccc3F)C2=O)cc1. The van der Waals surface area contributed by atoms with Gasteiger partial charge in [-0.2, -0.15) is 0 Å². The lowest BCUT2D eigenvalue weighted by atomic mass is 10.1. The summed E-state index contributed by atoms with van der Waals surface area (Å²) >= 11 is 0. The number of nitrogens with zero attached hydrogens (tertiary/aromatic N) is 2. The normalized spacial score (nSPS) is 15.7. The number of rotatable bonds is 9. The first-order valence-electron chi connectivity index (χ1n) is 10.6. The summed E-state index contributed by atoms with van der Waals surface area (Å²) in [6.45, 7) is 1.68. The molecule has 10 heteroatoms. The van der Waals surface area contributed by atoms with Crippen molar-refractivity contribution in [2.45, 2.75) is 25.7 Å². The average molecular weight is 472 g/mol. The van der Waals surface area contributed by atoms with Crippen LogP contribution in [0.1, 0.15) is 34.1 Å². The Labute approximate surface area is 196 Å². The van der Waals surface area contributed by atoms with Crippen molar-refractivity contribution in [3.63, 3.8) is 0 Å². The van der Waals surface area contributed by atoms with Crippen LogP contribution in [0, 0.1) is 5.82 Å². The lowest BCUT2D eigenvalue weighted by Gasteiger charge is -2.30. The van der Waals surface area contributed by atoms with Crippen molar-refractivity contribution in [1.82, 2.24) is 4.90 Å². The standard InChI is InChI=1S/C24H25FN2O7/c1-4-34-24(31)15-9-11-16(12-10-15)27-20(28)13-19(23(27)30)26(14-21(32-2)33-3)22(29)17-7-5-6-8-18(17)25/h5-12,19,21H,4,13-14H2,1-3H3. The second kappa shape index (κ2) is 11.0. The Kier molecular flexibility index (Phi) is 8.08. The van der Waals surface area contributed by atoms with E-state index in [0.717, 1.165) is 15.9 Å². The van der Waals surface area contributed by atoms with E-state index in [-0.39, 0.29) is 36.4 Å². The summed E-state index contributed by atoms with van der Waals surface area (Å²) in [5.41, 5.74) is 0.255. The van der Waals surface area contributed by atoms with E-state index in [4.69, 9.17) is 14.2 Å². The predicted molar refractivity (Wildman–Crippen MR) is 119 cm³/mol. The molecule has 2 aromatic carbocycles. The third-order valence-corrected chi connectivity index (χ3v) is 5.37. The number of carbonyl (C=O) groups excluding carboxylic acids is 4. The molecule has 0 saturated carbocycles. The fraction of sp³-hybridized carbons (Fsp3) is 0.333. The molecule has 9 nitrogen and oxygen atoms in total. The van der Waals surface area contributed by atoms with Gasteiger partial charge >= 0.3 is 5.97 Å². The highest BCUT2D eigenvalue weighted by Gasteiger charge is 2.45. The number of hydrogen-bond acceptors (Lipinski definition) is 7. The van der Waals surface area contributed by atoms with Gasteiger partial charge in [0, 0.05) is 14.2 Å². The van der Waals surface area contributed by atoms with E-state index in [1.807, 2.05) is 0 Å². The number of ether oxygens (including phenoxy) is 3. The summed E-state index contributed by atoms with van der Waals surface area (Å²) in [5.74, 6) is -3.27. The molecule has 0 spiro atoms. The third-order valence-electron chi connectivity index (χ3n) is 5.37. The molecule has 3 amide bonds. The average Bonchev–Trinajstić information content (AvgIpc) is 3.13. The van der Waals surface area contributed by atoms with Gasteiger partial charge in [0.25, 0.3) is 11.8 Å². The minimum atomic E-state index is -1.20. The Morgan fingerprint density at radius 3 is 2.32 bits per heavy atom. The third kappa shape index (κ3) is 5.13. The monoisotopic (exact) mass is 472 g/mol. The Morgan fingerprint density at radius 1 is 1.09 bits per heavy atom. The van der Waals surface area contributed by atoms with E-state index in [2.05, 4.69) is 0 Å². The van der Waals surface area contributed by atoms with Crippen LogP contribution >= 0.6 is 0 Å². The van der Waals surface area contributed by atoms with Gasteiger partial charge in [0.2, 0.25) is 5.91 Å². The zero-order chi connectivity index (χ0) is 24.8. The van der Waals surface area contributed by atoms with Crippen molar-refractivity contribution in [3.8, 4) is 0 Å². The molecule has 180 valence electrons. The van der Waals surface area contributed by atoms with Crippen LogP contribution in [0.4, 0.5) is 10.1 Å². The van der Waals surface area contributed by atoms with Crippen LogP contribution in [0.2, 0.25) is 0 Å². The number of hydrogen-bond donors (Lipinski definition) is 0. The fourth-order valence-corrected chi connectivity index (χ4v) is 3.64. The minimum Gasteiger partial charge on any atom is -0.462 e. The van der Waals surface area contributed by atoms with Gasteiger partial charge in [0.05, 0.1) is 36.4 Å². The Balaban J connectivity index is 1.91. The molecule has 1 atom stereocenters. The second-order valence-electron chi connectivity index (χ2n) is 7.39. The van der Waals surface area contributed by atoms with E-state index in [1.54, 1.807) is 6.92 Å². The molecule has 0 radical (unpaired) electrons. The number of methoxy groups -OCH3 is 2. The van der Waals surface area contributed by atoms with Gasteiger partial charge < -0.3 is 19.1 Å². The molecule has 0 N–H and O–H groups in total. The molecule has 1 heterocycles. The first-order valence-corrected chi connectivity index (χ1v) is 10.6. The molecular formula is C24H25FN2O7. The van der Waals surface area contributed by atoms with Gasteiger partial charge in [-0.3, -0.25) is 14.4 Å². The second-order valence-corrected chi connectivity index (χ2v) is 7.39. The Bertz CT molecular complexity index is 1070. The highest BCUT2D eigenvalue weighted by atomic mass is 19.1.